The van der Waals surface area contributed by atoms with Crippen LogP contribution in [0.1, 0.15) is 48.0 Å². The Hall–Kier alpha value is -1.39. The van der Waals surface area contributed by atoms with Crippen LogP contribution in [0.2, 0.25) is 0 Å². The number of hydrogen-bond donors (Lipinski definition) is 2. The molecule has 0 saturated carbocycles. The third kappa shape index (κ3) is 7.05. The highest BCUT2D eigenvalue weighted by Crippen LogP contribution is 2.30. The van der Waals surface area contributed by atoms with E-state index in [4.69, 9.17) is 0 Å². The van der Waals surface area contributed by atoms with Crippen LogP contribution in [0.5, 0.6) is 0 Å². The van der Waals surface area contributed by atoms with E-state index >= 15 is 0 Å². The number of hydrogen-bond acceptors (Lipinski definition) is 4. The van der Waals surface area contributed by atoms with Crippen molar-refractivity contribution in [2.45, 2.75) is 44.2 Å². The zero-order chi connectivity index (χ0) is 22.3. The summed E-state index contributed by atoms with van der Waals surface area (Å²) in [6.07, 6.45) is 6.40. The third-order valence-electron chi connectivity index (χ3n) is 6.82. The maximum absolute atomic E-state index is 12.1. The van der Waals surface area contributed by atoms with Crippen LogP contribution in [0.25, 0.3) is 0 Å². The Morgan fingerprint density at radius 3 is 2.22 bits per heavy atom. The number of carbonyl (C=O) groups excluding carboxylic acids is 1. The summed E-state index contributed by atoms with van der Waals surface area (Å²) < 4.78 is 0. The van der Waals surface area contributed by atoms with Crippen molar-refractivity contribution in [3.05, 3.63) is 35.4 Å². The molecule has 0 aliphatic carbocycles. The van der Waals surface area contributed by atoms with Gasteiger partial charge in [-0.25, -0.2) is 0 Å². The Balaban J connectivity index is 0.00000363. The number of benzene rings is 1. The zero-order valence-corrected chi connectivity index (χ0v) is 22.5. The van der Waals surface area contributed by atoms with Gasteiger partial charge < -0.3 is 20.4 Å². The van der Waals surface area contributed by atoms with Gasteiger partial charge in [0.25, 0.3) is 5.91 Å². The Bertz CT molecular complexity index is 737. The molecule has 180 valence electrons. The molecule has 2 saturated heterocycles. The van der Waals surface area contributed by atoms with Crippen LogP contribution >= 0.6 is 24.0 Å². The number of nitrogens with one attached hydrogen (secondary N) is 2. The highest BCUT2D eigenvalue weighted by atomic mass is 127. The number of halogens is 1. The molecule has 32 heavy (non-hydrogen) atoms. The second-order valence-corrected chi connectivity index (χ2v) is 9.25. The summed E-state index contributed by atoms with van der Waals surface area (Å²) in [5.74, 6) is 0.863. The number of likely N-dealkylation sites (tertiary alicyclic amines) is 2. The lowest BCUT2D eigenvalue weighted by Crippen LogP contribution is -2.62. The summed E-state index contributed by atoms with van der Waals surface area (Å²) in [5, 5.41) is 7.07. The Morgan fingerprint density at radius 1 is 1.03 bits per heavy atom. The molecule has 0 spiro atoms. The minimum absolute atomic E-state index is 0. The van der Waals surface area contributed by atoms with Crippen molar-refractivity contribution in [1.82, 2.24) is 25.3 Å². The van der Waals surface area contributed by atoms with Crippen molar-refractivity contribution in [1.29, 1.82) is 0 Å². The molecule has 2 N–H and O–H groups in total. The largest absolute Gasteiger partial charge is 0.355 e. The maximum atomic E-state index is 12.1. The van der Waals surface area contributed by atoms with Crippen LogP contribution in [0, 0.1) is 0 Å². The lowest BCUT2D eigenvalue weighted by Gasteiger charge is -2.50. The molecule has 8 heteroatoms. The fraction of sp³-hybridized carbons (Fsp3) is 0.667. The first-order chi connectivity index (χ1) is 14.9. The molecule has 0 aromatic heterocycles. The van der Waals surface area contributed by atoms with E-state index in [-0.39, 0.29) is 35.4 Å². The fourth-order valence-corrected chi connectivity index (χ4v) is 4.69. The van der Waals surface area contributed by atoms with Crippen molar-refractivity contribution < 1.29 is 4.79 Å². The molecule has 3 rings (SSSR count). The average molecular weight is 557 g/mol. The van der Waals surface area contributed by atoms with Gasteiger partial charge >= 0.3 is 0 Å². The first-order valence-corrected chi connectivity index (χ1v) is 11.6. The predicted octanol–water partition coefficient (Wildman–Crippen LogP) is 2.62. The minimum atomic E-state index is 0. The van der Waals surface area contributed by atoms with Crippen molar-refractivity contribution in [2.75, 3.05) is 60.9 Å². The van der Waals surface area contributed by atoms with Gasteiger partial charge in [-0.05, 0) is 76.6 Å². The summed E-state index contributed by atoms with van der Waals surface area (Å²) in [6, 6.07) is 7.78. The van der Waals surface area contributed by atoms with E-state index in [9.17, 15) is 4.79 Å². The zero-order valence-electron chi connectivity index (χ0n) is 20.2. The topological polar surface area (TPSA) is 63.2 Å². The Kier molecular flexibility index (Phi) is 10.7. The number of nitrogens with zero attached hydrogens (tertiary/aromatic N) is 4. The molecule has 0 radical (unpaired) electrons. The van der Waals surface area contributed by atoms with Gasteiger partial charge in [-0.2, -0.15) is 0 Å². The number of amides is 1. The third-order valence-corrected chi connectivity index (χ3v) is 6.82. The Morgan fingerprint density at radius 2 is 1.66 bits per heavy atom. The summed E-state index contributed by atoms with van der Waals surface area (Å²) in [7, 11) is 7.60. The highest BCUT2D eigenvalue weighted by molar-refractivity contribution is 14.0. The van der Waals surface area contributed by atoms with Gasteiger partial charge in [-0.1, -0.05) is 18.6 Å². The first-order valence-electron chi connectivity index (χ1n) is 11.6. The van der Waals surface area contributed by atoms with Crippen LogP contribution in [0.3, 0.4) is 0 Å². The van der Waals surface area contributed by atoms with Gasteiger partial charge in [0.05, 0.1) is 0 Å². The maximum Gasteiger partial charge on any atom is 0.253 e. The van der Waals surface area contributed by atoms with Gasteiger partial charge in [-0.3, -0.25) is 14.7 Å². The van der Waals surface area contributed by atoms with E-state index in [0.29, 0.717) is 12.1 Å². The van der Waals surface area contributed by atoms with Crippen molar-refractivity contribution in [3.8, 4) is 0 Å². The molecule has 0 unspecified atom stereocenters. The first kappa shape index (κ1) is 26.9. The smallest absolute Gasteiger partial charge is 0.253 e. The standard InChI is InChI=1S/C24H40N6O.HI/c1-25-23(26-18-20-8-10-21(11-9-20)22(31)28(2)3)27-19-24(12-16-29(4)17-13-24)30-14-6-5-7-15-30;/h8-11H,5-7,12-19H2,1-4H3,(H2,25,26,27);1H. The molecule has 0 atom stereocenters. The highest BCUT2D eigenvalue weighted by Gasteiger charge is 2.39. The molecule has 1 aromatic carbocycles. The molecule has 1 aromatic rings. The molecule has 1 amide bonds. The van der Waals surface area contributed by atoms with E-state index in [0.717, 1.165) is 31.2 Å². The summed E-state index contributed by atoms with van der Waals surface area (Å²) >= 11 is 0. The van der Waals surface area contributed by atoms with E-state index in [1.165, 1.54) is 45.2 Å². The molecule has 2 aliphatic rings. The van der Waals surface area contributed by atoms with Gasteiger partial charge in [0.1, 0.15) is 0 Å². The summed E-state index contributed by atoms with van der Waals surface area (Å²) in [6.45, 7) is 6.35. The van der Waals surface area contributed by atoms with Crippen LogP contribution < -0.4 is 10.6 Å². The van der Waals surface area contributed by atoms with E-state index in [1.54, 1.807) is 19.0 Å². The van der Waals surface area contributed by atoms with Gasteiger partial charge in [0, 0.05) is 45.3 Å². The quantitative estimate of drug-likeness (QED) is 0.321. The number of rotatable bonds is 6. The number of carbonyl (C=O) groups is 1. The lowest BCUT2D eigenvalue weighted by molar-refractivity contribution is 0.0173. The van der Waals surface area contributed by atoms with E-state index in [1.807, 2.05) is 31.3 Å². The normalized spacial score (nSPS) is 19.7. The lowest BCUT2D eigenvalue weighted by atomic mass is 9.84. The Labute approximate surface area is 211 Å². The van der Waals surface area contributed by atoms with E-state index < -0.39 is 0 Å². The molecule has 2 fully saturated rings. The molecule has 0 bridgehead atoms. The molecule has 2 aliphatic heterocycles. The van der Waals surface area contributed by atoms with Gasteiger partial charge in [0.2, 0.25) is 0 Å². The van der Waals surface area contributed by atoms with Crippen LogP contribution in [0.15, 0.2) is 29.3 Å². The fourth-order valence-electron chi connectivity index (χ4n) is 4.69. The molecule has 7 nitrogen and oxygen atoms in total. The molecular weight excluding hydrogens is 515 g/mol. The minimum Gasteiger partial charge on any atom is -0.355 e. The molecule has 2 heterocycles. The van der Waals surface area contributed by atoms with Crippen molar-refractivity contribution in [3.63, 3.8) is 0 Å². The monoisotopic (exact) mass is 556 g/mol. The van der Waals surface area contributed by atoms with Crippen LogP contribution in [0.4, 0.5) is 0 Å². The summed E-state index contributed by atoms with van der Waals surface area (Å²) in [4.78, 5) is 23.3. The van der Waals surface area contributed by atoms with Gasteiger partial charge in [0.15, 0.2) is 5.96 Å². The number of piperidine rings is 2. The summed E-state index contributed by atoms with van der Waals surface area (Å²) in [5.41, 5.74) is 2.06. The number of guanidine groups is 1. The number of aliphatic imine (C=N–C) groups is 1. The average Bonchev–Trinajstić information content (AvgIpc) is 2.81. The SMILES string of the molecule is CN=C(NCc1ccc(C(=O)N(C)C)cc1)NCC1(N2CCCCC2)CCN(C)CC1.I. The molecular formula is C24H41IN6O. The van der Waals surface area contributed by atoms with Crippen LogP contribution in [-0.4, -0.2) is 93.0 Å². The van der Waals surface area contributed by atoms with Crippen molar-refractivity contribution >= 4 is 35.8 Å². The predicted molar refractivity (Wildman–Crippen MR) is 143 cm³/mol. The van der Waals surface area contributed by atoms with Crippen molar-refractivity contribution in [2.24, 2.45) is 4.99 Å². The van der Waals surface area contributed by atoms with Crippen LogP contribution in [-0.2, 0) is 6.54 Å². The second-order valence-electron chi connectivity index (χ2n) is 9.25. The van der Waals surface area contributed by atoms with Gasteiger partial charge in [-0.15, -0.1) is 24.0 Å². The second kappa shape index (κ2) is 12.7. The van der Waals surface area contributed by atoms with E-state index in [2.05, 4.69) is 32.5 Å².